The van der Waals surface area contributed by atoms with Crippen molar-refractivity contribution in [3.8, 4) is 0 Å². The number of nitrogens with zero attached hydrogens (tertiary/aromatic N) is 1. The molecule has 0 aliphatic rings. The third kappa shape index (κ3) is 4.72. The second-order valence-electron chi connectivity index (χ2n) is 4.16. The molecule has 1 rings (SSSR count). The molecule has 1 aromatic carbocycles. The molecule has 0 radical (unpaired) electrons. The van der Waals surface area contributed by atoms with Crippen LogP contribution in [0.2, 0.25) is 5.02 Å². The first-order chi connectivity index (χ1) is 8.81. The quantitative estimate of drug-likeness (QED) is 0.856. The van der Waals surface area contributed by atoms with Crippen LogP contribution in [0.1, 0.15) is 6.42 Å². The smallest absolute Gasteiger partial charge is 0.326 e. The molecule has 0 saturated carbocycles. The molecule has 0 aliphatic heterocycles. The molecule has 0 heterocycles. The summed E-state index contributed by atoms with van der Waals surface area (Å²) in [6.45, 7) is 0. The van der Waals surface area contributed by atoms with Gasteiger partial charge in [0.25, 0.3) is 0 Å². The molecule has 0 aromatic heterocycles. The topological polar surface area (TPSA) is 69.6 Å². The van der Waals surface area contributed by atoms with Gasteiger partial charge < -0.3 is 15.3 Å². The normalized spacial score (nSPS) is 11.8. The lowest BCUT2D eigenvalue weighted by atomic mass is 10.1. The number of rotatable bonds is 5. The molecule has 0 aliphatic carbocycles. The van der Waals surface area contributed by atoms with Gasteiger partial charge in [0.2, 0.25) is 5.91 Å². The molecule has 1 unspecified atom stereocenters. The average molecular weight is 350 g/mol. The summed E-state index contributed by atoms with van der Waals surface area (Å²) in [5.41, 5.74) is 0.579. The third-order valence-corrected chi connectivity index (χ3v) is 3.65. The maximum atomic E-state index is 11.6. The Hall–Kier alpha value is -1.27. The van der Waals surface area contributed by atoms with Crippen LogP contribution < -0.4 is 5.32 Å². The fourth-order valence-corrected chi connectivity index (χ4v) is 1.84. The van der Waals surface area contributed by atoms with Gasteiger partial charge in [-0.05, 0) is 34.1 Å². The number of carbonyl (C=O) groups excluding carboxylic acids is 1. The van der Waals surface area contributed by atoms with E-state index in [2.05, 4.69) is 21.2 Å². The van der Waals surface area contributed by atoms with Gasteiger partial charge in [-0.1, -0.05) is 11.6 Å². The fraction of sp³-hybridized carbons (Fsp3) is 0.333. The number of anilines is 1. The lowest BCUT2D eigenvalue weighted by Gasteiger charge is -2.18. The van der Waals surface area contributed by atoms with Gasteiger partial charge >= 0.3 is 5.97 Å². The Morgan fingerprint density at radius 1 is 1.47 bits per heavy atom. The van der Waals surface area contributed by atoms with Crippen LogP contribution in [0.25, 0.3) is 0 Å². The Bertz CT molecular complexity index is 494. The third-order valence-electron chi connectivity index (χ3n) is 2.44. The van der Waals surface area contributed by atoms with E-state index in [9.17, 15) is 9.59 Å². The van der Waals surface area contributed by atoms with Crippen LogP contribution in [0.5, 0.6) is 0 Å². The number of benzene rings is 1. The summed E-state index contributed by atoms with van der Waals surface area (Å²) >= 11 is 9.11. The second-order valence-corrected chi connectivity index (χ2v) is 5.42. The van der Waals surface area contributed by atoms with Gasteiger partial charge in [-0.25, -0.2) is 4.79 Å². The Morgan fingerprint density at radius 3 is 2.58 bits per heavy atom. The number of hydrogen-bond acceptors (Lipinski definition) is 3. The number of nitrogens with one attached hydrogen (secondary N) is 1. The summed E-state index contributed by atoms with van der Waals surface area (Å²) < 4.78 is 0.655. The lowest BCUT2D eigenvalue weighted by Crippen LogP contribution is -2.35. The molecule has 0 fully saturated rings. The monoisotopic (exact) mass is 348 g/mol. The number of hydrogen-bond donors (Lipinski definition) is 2. The van der Waals surface area contributed by atoms with Crippen LogP contribution in [0.15, 0.2) is 22.7 Å². The summed E-state index contributed by atoms with van der Waals surface area (Å²) in [5, 5.41) is 12.4. The predicted molar refractivity (Wildman–Crippen MR) is 77.5 cm³/mol. The van der Waals surface area contributed by atoms with Crippen molar-refractivity contribution in [3.63, 3.8) is 0 Å². The van der Waals surface area contributed by atoms with Crippen LogP contribution in [-0.4, -0.2) is 42.0 Å². The molecule has 19 heavy (non-hydrogen) atoms. The first-order valence-corrected chi connectivity index (χ1v) is 6.63. The first-order valence-electron chi connectivity index (χ1n) is 5.46. The van der Waals surface area contributed by atoms with Crippen molar-refractivity contribution in [3.05, 3.63) is 27.7 Å². The van der Waals surface area contributed by atoms with E-state index in [0.717, 1.165) is 0 Å². The predicted octanol–water partition coefficient (Wildman–Crippen LogP) is 2.45. The van der Waals surface area contributed by atoms with E-state index in [0.29, 0.717) is 15.2 Å². The van der Waals surface area contributed by atoms with E-state index < -0.39 is 12.0 Å². The van der Waals surface area contributed by atoms with E-state index in [-0.39, 0.29) is 12.3 Å². The highest BCUT2D eigenvalue weighted by molar-refractivity contribution is 9.10. The largest absolute Gasteiger partial charge is 0.480 e. The van der Waals surface area contributed by atoms with Crippen LogP contribution in [0, 0.1) is 0 Å². The molecule has 1 aromatic rings. The van der Waals surface area contributed by atoms with Gasteiger partial charge in [-0.2, -0.15) is 0 Å². The van der Waals surface area contributed by atoms with Gasteiger partial charge in [-0.15, -0.1) is 0 Å². The highest BCUT2D eigenvalue weighted by Gasteiger charge is 2.22. The summed E-state index contributed by atoms with van der Waals surface area (Å²) in [6.07, 6.45) is -0.122. The Kier molecular flexibility index (Phi) is 5.62. The molecule has 104 valence electrons. The van der Waals surface area contributed by atoms with E-state index in [1.54, 1.807) is 32.3 Å². The second kappa shape index (κ2) is 6.77. The molecule has 2 N–H and O–H groups in total. The SMILES string of the molecule is CN(C)C(=O)CC(Nc1ccc(Cl)c(Br)c1)C(=O)O. The summed E-state index contributed by atoms with van der Waals surface area (Å²) in [5.74, 6) is -1.34. The number of carboxylic acid groups (broad SMARTS) is 1. The highest BCUT2D eigenvalue weighted by Crippen LogP contribution is 2.26. The fourth-order valence-electron chi connectivity index (χ4n) is 1.34. The van der Waals surface area contributed by atoms with Crippen LogP contribution >= 0.6 is 27.5 Å². The van der Waals surface area contributed by atoms with Crippen molar-refractivity contribution in [1.29, 1.82) is 0 Å². The van der Waals surface area contributed by atoms with E-state index in [1.165, 1.54) is 4.90 Å². The molecule has 0 bridgehead atoms. The molecule has 7 heteroatoms. The number of halogens is 2. The molecule has 0 spiro atoms. The maximum Gasteiger partial charge on any atom is 0.326 e. The molecule has 1 atom stereocenters. The van der Waals surface area contributed by atoms with Crippen molar-refractivity contribution < 1.29 is 14.7 Å². The highest BCUT2D eigenvalue weighted by atomic mass is 79.9. The number of carboxylic acids is 1. The minimum absolute atomic E-state index is 0.122. The maximum absolute atomic E-state index is 11.6. The number of amides is 1. The molecule has 0 saturated heterocycles. The van der Waals surface area contributed by atoms with Gasteiger partial charge in [-0.3, -0.25) is 4.79 Å². The number of carbonyl (C=O) groups is 2. The summed E-state index contributed by atoms with van der Waals surface area (Å²) in [6, 6.07) is 3.98. The zero-order valence-corrected chi connectivity index (χ0v) is 12.8. The zero-order valence-electron chi connectivity index (χ0n) is 10.5. The van der Waals surface area contributed by atoms with Gasteiger partial charge in [0, 0.05) is 24.3 Å². The van der Waals surface area contributed by atoms with Gasteiger partial charge in [0.1, 0.15) is 6.04 Å². The molecule has 1 amide bonds. The van der Waals surface area contributed by atoms with Crippen molar-refractivity contribution in [2.45, 2.75) is 12.5 Å². The van der Waals surface area contributed by atoms with E-state index >= 15 is 0 Å². The van der Waals surface area contributed by atoms with Crippen molar-refractivity contribution in [2.75, 3.05) is 19.4 Å². The van der Waals surface area contributed by atoms with Crippen LogP contribution in [0.3, 0.4) is 0 Å². The summed E-state index contributed by atoms with van der Waals surface area (Å²) in [4.78, 5) is 24.1. The minimum atomic E-state index is -1.08. The standard InChI is InChI=1S/C12H14BrClN2O3/c1-16(2)11(17)6-10(12(18)19)15-7-3-4-9(14)8(13)5-7/h3-5,10,15H,6H2,1-2H3,(H,18,19). The van der Waals surface area contributed by atoms with Crippen LogP contribution in [-0.2, 0) is 9.59 Å². The Balaban J connectivity index is 2.81. The van der Waals surface area contributed by atoms with Gasteiger partial charge in [0.15, 0.2) is 0 Å². The van der Waals surface area contributed by atoms with E-state index in [1.807, 2.05) is 0 Å². The van der Waals surface area contributed by atoms with Gasteiger partial charge in [0.05, 0.1) is 11.4 Å². The average Bonchev–Trinajstić information content (AvgIpc) is 2.32. The first kappa shape index (κ1) is 15.8. The summed E-state index contributed by atoms with van der Waals surface area (Å²) in [7, 11) is 3.17. The Labute approximate surface area is 124 Å². The molecule has 5 nitrogen and oxygen atoms in total. The Morgan fingerprint density at radius 2 is 2.11 bits per heavy atom. The molecular weight excluding hydrogens is 336 g/mol. The van der Waals surface area contributed by atoms with Crippen LogP contribution in [0.4, 0.5) is 5.69 Å². The zero-order chi connectivity index (χ0) is 14.6. The van der Waals surface area contributed by atoms with E-state index in [4.69, 9.17) is 16.7 Å². The molecular formula is C12H14BrClN2O3. The lowest BCUT2D eigenvalue weighted by molar-refractivity contribution is -0.141. The van der Waals surface area contributed by atoms with Crippen molar-refractivity contribution in [1.82, 2.24) is 4.90 Å². The van der Waals surface area contributed by atoms with Crippen molar-refractivity contribution in [2.24, 2.45) is 0 Å². The van der Waals surface area contributed by atoms with Crippen molar-refractivity contribution >= 4 is 45.1 Å². The minimum Gasteiger partial charge on any atom is -0.480 e. The number of aliphatic carboxylic acids is 1.